The van der Waals surface area contributed by atoms with Gasteiger partial charge in [0.15, 0.2) is 6.61 Å². The van der Waals surface area contributed by atoms with Gasteiger partial charge in [-0.1, -0.05) is 60.9 Å². The fraction of sp³-hybridized carbons (Fsp3) is 0.480. The molecular formula is C25H34N2O2. The predicted molar refractivity (Wildman–Crippen MR) is 118 cm³/mol. The molecule has 2 aromatic rings. The molecule has 4 nitrogen and oxygen atoms in total. The van der Waals surface area contributed by atoms with Crippen LogP contribution in [-0.2, 0) is 4.79 Å². The molecular weight excluding hydrogens is 360 g/mol. The van der Waals surface area contributed by atoms with E-state index < -0.39 is 0 Å². The first kappa shape index (κ1) is 21.4. The molecule has 0 saturated carbocycles. The average Bonchev–Trinajstić information content (AvgIpc) is 2.98. The molecule has 0 bridgehead atoms. The maximum absolute atomic E-state index is 12.5. The second-order valence-corrected chi connectivity index (χ2v) is 8.19. The minimum atomic E-state index is -0.0698. The van der Waals surface area contributed by atoms with Gasteiger partial charge in [0.05, 0.1) is 6.04 Å². The Labute approximate surface area is 175 Å². The number of benzene rings is 2. The lowest BCUT2D eigenvalue weighted by Crippen LogP contribution is -2.40. The lowest BCUT2D eigenvalue weighted by molar-refractivity contribution is -0.123. The topological polar surface area (TPSA) is 41.6 Å². The quantitative estimate of drug-likeness (QED) is 0.738. The highest BCUT2D eigenvalue weighted by Gasteiger charge is 2.22. The Morgan fingerprint density at radius 1 is 0.966 bits per heavy atom. The molecule has 3 rings (SSSR count). The van der Waals surface area contributed by atoms with Crippen LogP contribution in [0.1, 0.15) is 54.0 Å². The zero-order chi connectivity index (χ0) is 20.6. The summed E-state index contributed by atoms with van der Waals surface area (Å²) in [6.07, 6.45) is 5.05. The molecule has 1 N–H and O–H groups in total. The zero-order valence-electron chi connectivity index (χ0n) is 18.0. The van der Waals surface area contributed by atoms with E-state index in [-0.39, 0.29) is 18.6 Å². The molecule has 2 aromatic carbocycles. The number of nitrogens with zero attached hydrogens (tertiary/aromatic N) is 1. The molecule has 1 aliphatic heterocycles. The second kappa shape index (κ2) is 10.4. The molecule has 1 amide bonds. The highest BCUT2D eigenvalue weighted by molar-refractivity contribution is 5.77. The van der Waals surface area contributed by atoms with Crippen LogP contribution in [0.25, 0.3) is 0 Å². The summed E-state index contributed by atoms with van der Waals surface area (Å²) in [6, 6.07) is 14.9. The summed E-state index contributed by atoms with van der Waals surface area (Å²) in [6.45, 7) is 8.96. The summed E-state index contributed by atoms with van der Waals surface area (Å²) < 4.78 is 5.82. The molecule has 0 spiro atoms. The van der Waals surface area contributed by atoms with Crippen molar-refractivity contribution in [2.24, 2.45) is 0 Å². The summed E-state index contributed by atoms with van der Waals surface area (Å²) in [5.41, 5.74) is 4.64. The Bertz CT molecular complexity index is 773. The Morgan fingerprint density at radius 2 is 1.59 bits per heavy atom. The van der Waals surface area contributed by atoms with Crippen LogP contribution in [0, 0.1) is 20.8 Å². The van der Waals surface area contributed by atoms with Gasteiger partial charge in [-0.05, 0) is 63.4 Å². The molecule has 1 atom stereocenters. The van der Waals surface area contributed by atoms with E-state index in [9.17, 15) is 4.79 Å². The first-order valence-electron chi connectivity index (χ1n) is 10.8. The summed E-state index contributed by atoms with van der Waals surface area (Å²) in [5.74, 6) is 0.741. The molecule has 1 saturated heterocycles. The van der Waals surface area contributed by atoms with E-state index in [4.69, 9.17) is 4.74 Å². The minimum Gasteiger partial charge on any atom is -0.483 e. The van der Waals surface area contributed by atoms with Crippen molar-refractivity contribution in [1.29, 1.82) is 0 Å². The average molecular weight is 395 g/mol. The maximum atomic E-state index is 12.5. The van der Waals surface area contributed by atoms with Gasteiger partial charge in [0, 0.05) is 6.54 Å². The van der Waals surface area contributed by atoms with E-state index in [1.165, 1.54) is 36.8 Å². The van der Waals surface area contributed by atoms with E-state index in [0.29, 0.717) is 6.54 Å². The Balaban J connectivity index is 1.62. The molecule has 156 valence electrons. The summed E-state index contributed by atoms with van der Waals surface area (Å²) in [4.78, 5) is 15.1. The number of carbonyl (C=O) groups excluding carboxylic acids is 1. The van der Waals surface area contributed by atoms with Crippen LogP contribution in [0.3, 0.4) is 0 Å². The monoisotopic (exact) mass is 394 g/mol. The molecule has 4 heteroatoms. The van der Waals surface area contributed by atoms with Gasteiger partial charge in [0.1, 0.15) is 5.75 Å². The van der Waals surface area contributed by atoms with Crippen LogP contribution >= 0.6 is 0 Å². The Hall–Kier alpha value is -2.33. The first-order chi connectivity index (χ1) is 14.0. The van der Waals surface area contributed by atoms with Crippen molar-refractivity contribution in [2.45, 2.75) is 52.5 Å². The van der Waals surface area contributed by atoms with Gasteiger partial charge in [-0.2, -0.15) is 0 Å². The largest absolute Gasteiger partial charge is 0.483 e. The third-order valence-corrected chi connectivity index (χ3v) is 5.79. The number of para-hydroxylation sites is 1. The minimum absolute atomic E-state index is 0.0479. The van der Waals surface area contributed by atoms with Crippen LogP contribution in [-0.4, -0.2) is 37.0 Å². The fourth-order valence-electron chi connectivity index (χ4n) is 4.08. The highest BCUT2D eigenvalue weighted by Crippen LogP contribution is 2.25. The number of ether oxygens (including phenoxy) is 1. The summed E-state index contributed by atoms with van der Waals surface area (Å²) in [7, 11) is 0. The third-order valence-electron chi connectivity index (χ3n) is 5.79. The van der Waals surface area contributed by atoms with Crippen LogP contribution in [0.15, 0.2) is 42.5 Å². The standard InChI is InChI=1S/C25H34N2O2/c1-19-11-13-22(14-12-19)23(27-15-6-4-5-7-16-27)17-26-24(28)18-29-25-20(2)9-8-10-21(25)3/h8-14,23H,4-7,15-18H2,1-3H3,(H,26,28)/t23-/m1/s1. The molecule has 1 heterocycles. The van der Waals surface area contributed by atoms with E-state index in [2.05, 4.69) is 41.4 Å². The van der Waals surface area contributed by atoms with E-state index in [1.807, 2.05) is 32.0 Å². The summed E-state index contributed by atoms with van der Waals surface area (Å²) in [5, 5.41) is 3.12. The molecule has 1 aliphatic rings. The fourth-order valence-corrected chi connectivity index (χ4v) is 4.08. The van der Waals surface area contributed by atoms with Gasteiger partial charge in [0.2, 0.25) is 0 Å². The number of hydrogen-bond donors (Lipinski definition) is 1. The van der Waals surface area contributed by atoms with Crippen molar-refractivity contribution < 1.29 is 9.53 Å². The lowest BCUT2D eigenvalue weighted by Gasteiger charge is -2.31. The smallest absolute Gasteiger partial charge is 0.258 e. The van der Waals surface area contributed by atoms with E-state index in [0.717, 1.165) is 30.0 Å². The van der Waals surface area contributed by atoms with E-state index in [1.54, 1.807) is 0 Å². The Kier molecular flexibility index (Phi) is 7.70. The third kappa shape index (κ3) is 6.07. The van der Waals surface area contributed by atoms with Crippen LogP contribution < -0.4 is 10.1 Å². The number of rotatable bonds is 7. The van der Waals surface area contributed by atoms with Gasteiger partial charge in [-0.15, -0.1) is 0 Å². The van der Waals surface area contributed by atoms with Crippen molar-refractivity contribution in [2.75, 3.05) is 26.2 Å². The van der Waals surface area contributed by atoms with Gasteiger partial charge in [-0.25, -0.2) is 0 Å². The number of carbonyl (C=O) groups is 1. The van der Waals surface area contributed by atoms with Crippen molar-refractivity contribution in [3.8, 4) is 5.75 Å². The SMILES string of the molecule is Cc1ccc([C@@H](CNC(=O)COc2c(C)cccc2C)N2CCCCCC2)cc1. The second-order valence-electron chi connectivity index (χ2n) is 8.19. The molecule has 29 heavy (non-hydrogen) atoms. The maximum Gasteiger partial charge on any atom is 0.258 e. The molecule has 1 fully saturated rings. The van der Waals surface area contributed by atoms with Gasteiger partial charge < -0.3 is 10.1 Å². The van der Waals surface area contributed by atoms with E-state index >= 15 is 0 Å². The van der Waals surface area contributed by atoms with Crippen LogP contribution in [0.5, 0.6) is 5.75 Å². The van der Waals surface area contributed by atoms with Crippen LogP contribution in [0.4, 0.5) is 0 Å². The number of hydrogen-bond acceptors (Lipinski definition) is 3. The van der Waals surface area contributed by atoms with Crippen LogP contribution in [0.2, 0.25) is 0 Å². The molecule has 0 unspecified atom stereocenters. The van der Waals surface area contributed by atoms with Crippen molar-refractivity contribution in [3.63, 3.8) is 0 Å². The van der Waals surface area contributed by atoms with Gasteiger partial charge >= 0.3 is 0 Å². The lowest BCUT2D eigenvalue weighted by atomic mass is 10.0. The molecule has 0 radical (unpaired) electrons. The highest BCUT2D eigenvalue weighted by atomic mass is 16.5. The zero-order valence-corrected chi connectivity index (χ0v) is 18.0. The van der Waals surface area contributed by atoms with Crippen molar-refractivity contribution in [1.82, 2.24) is 10.2 Å². The Morgan fingerprint density at radius 3 is 2.21 bits per heavy atom. The number of nitrogens with one attached hydrogen (secondary N) is 1. The number of aryl methyl sites for hydroxylation is 3. The molecule has 0 aliphatic carbocycles. The van der Waals surface area contributed by atoms with Gasteiger partial charge in [0.25, 0.3) is 5.91 Å². The van der Waals surface area contributed by atoms with Gasteiger partial charge in [-0.3, -0.25) is 9.69 Å². The predicted octanol–water partition coefficient (Wildman–Crippen LogP) is 4.72. The number of likely N-dealkylation sites (tertiary alicyclic amines) is 1. The van der Waals surface area contributed by atoms with Crippen molar-refractivity contribution >= 4 is 5.91 Å². The molecule has 0 aromatic heterocycles. The van der Waals surface area contributed by atoms with Crippen molar-refractivity contribution in [3.05, 3.63) is 64.7 Å². The normalized spacial score (nSPS) is 16.1. The number of amides is 1. The first-order valence-corrected chi connectivity index (χ1v) is 10.8. The summed E-state index contributed by atoms with van der Waals surface area (Å²) >= 11 is 0.